The number of carboxylic acids is 1. The van der Waals surface area contributed by atoms with Crippen molar-refractivity contribution in [2.45, 2.75) is 26.7 Å². The lowest BCUT2D eigenvalue weighted by molar-refractivity contribution is -0.136. The summed E-state index contributed by atoms with van der Waals surface area (Å²) in [6.45, 7) is 4.89. The lowest BCUT2D eigenvalue weighted by Crippen LogP contribution is -2.04. The minimum absolute atomic E-state index is 0.0536. The fourth-order valence-corrected chi connectivity index (χ4v) is 1.47. The van der Waals surface area contributed by atoms with E-state index in [0.29, 0.717) is 13.2 Å². The minimum Gasteiger partial charge on any atom is -0.494 e. The van der Waals surface area contributed by atoms with E-state index in [4.69, 9.17) is 14.6 Å². The van der Waals surface area contributed by atoms with Gasteiger partial charge in [0.25, 0.3) is 0 Å². The number of aliphatic carboxylic acids is 1. The zero-order valence-corrected chi connectivity index (χ0v) is 11.4. The molecule has 19 heavy (non-hydrogen) atoms. The molecular weight excluding hydrogens is 244 g/mol. The van der Waals surface area contributed by atoms with Crippen molar-refractivity contribution < 1.29 is 19.4 Å². The Hall–Kier alpha value is -1.97. The molecule has 1 aromatic carbocycles. The Balaban J connectivity index is 2.69. The topological polar surface area (TPSA) is 55.8 Å². The fourth-order valence-electron chi connectivity index (χ4n) is 1.47. The van der Waals surface area contributed by atoms with Gasteiger partial charge in [-0.3, -0.25) is 0 Å². The van der Waals surface area contributed by atoms with Crippen LogP contribution in [0, 0.1) is 0 Å². The Bertz CT molecular complexity index is 420. The summed E-state index contributed by atoms with van der Waals surface area (Å²) in [5.74, 6) is -0.328. The van der Waals surface area contributed by atoms with Gasteiger partial charge in [-0.1, -0.05) is 25.5 Å². The number of benzene rings is 1. The van der Waals surface area contributed by atoms with Gasteiger partial charge in [0.2, 0.25) is 5.76 Å². The molecule has 1 aromatic rings. The Morgan fingerprint density at radius 3 is 2.47 bits per heavy atom. The number of ether oxygens (including phenoxy) is 2. The molecule has 0 bridgehead atoms. The maximum atomic E-state index is 10.9. The third-order valence-corrected chi connectivity index (χ3v) is 2.46. The zero-order chi connectivity index (χ0) is 14.1. The molecule has 0 radical (unpaired) electrons. The van der Waals surface area contributed by atoms with Crippen LogP contribution in [0.3, 0.4) is 0 Å². The Kier molecular flexibility index (Phi) is 6.50. The molecule has 0 unspecified atom stereocenters. The fraction of sp³-hybridized carbons (Fsp3) is 0.400. The van der Waals surface area contributed by atoms with Gasteiger partial charge in [0.1, 0.15) is 5.75 Å². The van der Waals surface area contributed by atoms with Crippen molar-refractivity contribution in [3.63, 3.8) is 0 Å². The number of carbonyl (C=O) groups is 1. The van der Waals surface area contributed by atoms with Crippen molar-refractivity contribution in [2.75, 3.05) is 13.2 Å². The Morgan fingerprint density at radius 2 is 1.95 bits per heavy atom. The first kappa shape index (κ1) is 15.1. The van der Waals surface area contributed by atoms with Gasteiger partial charge in [0.05, 0.1) is 13.2 Å². The summed E-state index contributed by atoms with van der Waals surface area (Å²) < 4.78 is 10.6. The maximum Gasteiger partial charge on any atom is 0.371 e. The van der Waals surface area contributed by atoms with E-state index in [2.05, 4.69) is 6.92 Å². The monoisotopic (exact) mass is 264 g/mol. The minimum atomic E-state index is -1.06. The van der Waals surface area contributed by atoms with Crippen LogP contribution in [-0.2, 0) is 9.53 Å². The molecule has 0 saturated heterocycles. The van der Waals surface area contributed by atoms with Crippen LogP contribution in [0.5, 0.6) is 5.75 Å². The molecule has 104 valence electrons. The second kappa shape index (κ2) is 8.19. The lowest BCUT2D eigenvalue weighted by Gasteiger charge is -2.06. The SMILES string of the molecule is CCCCOc1ccc(C=C(OCC)C(=O)O)cc1. The molecule has 4 heteroatoms. The van der Waals surface area contributed by atoms with E-state index in [1.54, 1.807) is 6.92 Å². The zero-order valence-electron chi connectivity index (χ0n) is 11.4. The maximum absolute atomic E-state index is 10.9. The van der Waals surface area contributed by atoms with Crippen LogP contribution in [0.1, 0.15) is 32.3 Å². The molecule has 0 aromatic heterocycles. The third kappa shape index (κ3) is 5.46. The van der Waals surface area contributed by atoms with Gasteiger partial charge < -0.3 is 14.6 Å². The van der Waals surface area contributed by atoms with Crippen molar-refractivity contribution in [3.05, 3.63) is 35.6 Å². The number of carboxylic acid groups (broad SMARTS) is 1. The van der Waals surface area contributed by atoms with Gasteiger partial charge in [0, 0.05) is 0 Å². The molecule has 4 nitrogen and oxygen atoms in total. The number of hydrogen-bond donors (Lipinski definition) is 1. The number of rotatable bonds is 8. The quantitative estimate of drug-likeness (QED) is 0.444. The van der Waals surface area contributed by atoms with Crippen LogP contribution in [0.2, 0.25) is 0 Å². The van der Waals surface area contributed by atoms with Gasteiger partial charge in [-0.2, -0.15) is 0 Å². The van der Waals surface area contributed by atoms with E-state index in [-0.39, 0.29) is 5.76 Å². The van der Waals surface area contributed by atoms with E-state index in [1.807, 2.05) is 24.3 Å². The molecule has 0 atom stereocenters. The van der Waals surface area contributed by atoms with Crippen molar-refractivity contribution in [2.24, 2.45) is 0 Å². The number of hydrogen-bond acceptors (Lipinski definition) is 3. The highest BCUT2D eigenvalue weighted by Crippen LogP contribution is 2.15. The first-order chi connectivity index (χ1) is 9.17. The van der Waals surface area contributed by atoms with Crippen molar-refractivity contribution in [1.29, 1.82) is 0 Å². The molecule has 0 heterocycles. The van der Waals surface area contributed by atoms with Gasteiger partial charge in [-0.05, 0) is 37.1 Å². The molecule has 0 aliphatic rings. The molecule has 0 spiro atoms. The average molecular weight is 264 g/mol. The van der Waals surface area contributed by atoms with Crippen LogP contribution in [0.25, 0.3) is 6.08 Å². The highest BCUT2D eigenvalue weighted by Gasteiger charge is 2.07. The summed E-state index contributed by atoms with van der Waals surface area (Å²) in [4.78, 5) is 10.9. The summed E-state index contributed by atoms with van der Waals surface area (Å²) in [5.41, 5.74) is 0.772. The highest BCUT2D eigenvalue weighted by atomic mass is 16.5. The van der Waals surface area contributed by atoms with E-state index in [0.717, 1.165) is 24.2 Å². The summed E-state index contributed by atoms with van der Waals surface area (Å²) in [7, 11) is 0. The smallest absolute Gasteiger partial charge is 0.371 e. The summed E-state index contributed by atoms with van der Waals surface area (Å²) >= 11 is 0. The number of unbranched alkanes of at least 4 members (excludes halogenated alkanes) is 1. The molecule has 0 fully saturated rings. The Labute approximate surface area is 113 Å². The second-order valence-electron chi connectivity index (χ2n) is 4.02. The average Bonchev–Trinajstić information content (AvgIpc) is 2.40. The third-order valence-electron chi connectivity index (χ3n) is 2.46. The summed E-state index contributed by atoms with van der Waals surface area (Å²) in [6.07, 6.45) is 3.62. The predicted octanol–water partition coefficient (Wildman–Crippen LogP) is 3.33. The molecule has 0 saturated carbocycles. The van der Waals surface area contributed by atoms with Crippen LogP contribution in [0.15, 0.2) is 30.0 Å². The molecule has 0 amide bonds. The van der Waals surface area contributed by atoms with Crippen LogP contribution < -0.4 is 4.74 Å². The Morgan fingerprint density at radius 1 is 1.26 bits per heavy atom. The first-order valence-corrected chi connectivity index (χ1v) is 6.48. The molecule has 1 rings (SSSR count). The first-order valence-electron chi connectivity index (χ1n) is 6.48. The van der Waals surface area contributed by atoms with Crippen LogP contribution >= 0.6 is 0 Å². The van der Waals surface area contributed by atoms with Gasteiger partial charge in [0.15, 0.2) is 0 Å². The van der Waals surface area contributed by atoms with Crippen molar-refractivity contribution in [1.82, 2.24) is 0 Å². The molecule has 0 aliphatic heterocycles. The molecular formula is C15H20O4. The normalized spacial score (nSPS) is 11.2. The summed E-state index contributed by atoms with van der Waals surface area (Å²) in [6, 6.07) is 7.27. The highest BCUT2D eigenvalue weighted by molar-refractivity contribution is 5.89. The predicted molar refractivity (Wildman–Crippen MR) is 74.1 cm³/mol. The lowest BCUT2D eigenvalue weighted by atomic mass is 10.2. The standard InChI is InChI=1S/C15H20O4/c1-3-5-10-19-13-8-6-12(7-9-13)11-14(15(16)17)18-4-2/h6-9,11H,3-5,10H2,1-2H3,(H,16,17). The van der Waals surface area contributed by atoms with E-state index in [1.165, 1.54) is 6.08 Å². The summed E-state index contributed by atoms with van der Waals surface area (Å²) in [5, 5.41) is 8.95. The van der Waals surface area contributed by atoms with Gasteiger partial charge in [-0.25, -0.2) is 4.79 Å². The van der Waals surface area contributed by atoms with Crippen molar-refractivity contribution >= 4 is 12.0 Å². The molecule has 1 N–H and O–H groups in total. The van der Waals surface area contributed by atoms with Crippen LogP contribution in [-0.4, -0.2) is 24.3 Å². The second-order valence-corrected chi connectivity index (χ2v) is 4.02. The van der Waals surface area contributed by atoms with E-state index >= 15 is 0 Å². The van der Waals surface area contributed by atoms with E-state index in [9.17, 15) is 4.79 Å². The van der Waals surface area contributed by atoms with E-state index < -0.39 is 5.97 Å². The van der Waals surface area contributed by atoms with Gasteiger partial charge in [-0.15, -0.1) is 0 Å². The largest absolute Gasteiger partial charge is 0.494 e. The molecule has 0 aliphatic carbocycles. The van der Waals surface area contributed by atoms with Gasteiger partial charge >= 0.3 is 5.97 Å². The van der Waals surface area contributed by atoms with Crippen molar-refractivity contribution in [3.8, 4) is 5.75 Å². The van der Waals surface area contributed by atoms with Crippen LogP contribution in [0.4, 0.5) is 0 Å².